The second kappa shape index (κ2) is 4.84. The van der Waals surface area contributed by atoms with E-state index in [1.807, 2.05) is 11.8 Å². The highest BCUT2D eigenvalue weighted by Crippen LogP contribution is 2.08. The predicted molar refractivity (Wildman–Crippen MR) is 49.5 cm³/mol. The molecule has 0 unspecified atom stereocenters. The van der Waals surface area contributed by atoms with Crippen molar-refractivity contribution in [3.63, 3.8) is 0 Å². The molecule has 1 fully saturated rings. The molecule has 2 amide bonds. The molecule has 74 valence electrons. The summed E-state index contributed by atoms with van der Waals surface area (Å²) in [7, 11) is 0. The molecule has 1 aliphatic heterocycles. The van der Waals surface area contributed by atoms with Gasteiger partial charge in [-0.15, -0.1) is 0 Å². The molecule has 0 radical (unpaired) electrons. The highest BCUT2D eigenvalue weighted by molar-refractivity contribution is 5.77. The number of nitrogens with zero attached hydrogens (tertiary/aromatic N) is 2. The highest BCUT2D eigenvalue weighted by Gasteiger charge is 2.23. The monoisotopic (exact) mass is 184 g/mol. The standard InChI is InChI=1S/C9H16N2O2/c1-2-4-10-5-3-6-11(7-8-12)9(10)13/h8H,2-7H2,1H3. The maximum Gasteiger partial charge on any atom is 0.320 e. The van der Waals surface area contributed by atoms with E-state index in [-0.39, 0.29) is 12.6 Å². The SMILES string of the molecule is CCCN1CCCN(CC=O)C1=O. The quantitative estimate of drug-likeness (QED) is 0.604. The first-order valence-electron chi connectivity index (χ1n) is 4.77. The molecular formula is C9H16N2O2. The summed E-state index contributed by atoms with van der Waals surface area (Å²) in [5.41, 5.74) is 0. The van der Waals surface area contributed by atoms with Crippen molar-refractivity contribution in [2.75, 3.05) is 26.2 Å². The van der Waals surface area contributed by atoms with Gasteiger partial charge in [0.15, 0.2) is 0 Å². The maximum absolute atomic E-state index is 11.6. The number of carbonyl (C=O) groups is 2. The van der Waals surface area contributed by atoms with Crippen molar-refractivity contribution in [3.8, 4) is 0 Å². The van der Waals surface area contributed by atoms with E-state index in [2.05, 4.69) is 0 Å². The summed E-state index contributed by atoms with van der Waals surface area (Å²) in [6.45, 7) is 4.64. The zero-order valence-corrected chi connectivity index (χ0v) is 8.03. The number of hydrogen-bond donors (Lipinski definition) is 0. The average molecular weight is 184 g/mol. The number of amides is 2. The summed E-state index contributed by atoms with van der Waals surface area (Å²) < 4.78 is 0. The molecule has 4 heteroatoms. The molecule has 4 nitrogen and oxygen atoms in total. The Bertz CT molecular complexity index is 192. The van der Waals surface area contributed by atoms with Gasteiger partial charge in [0.25, 0.3) is 0 Å². The fourth-order valence-electron chi connectivity index (χ4n) is 1.58. The van der Waals surface area contributed by atoms with Gasteiger partial charge in [0.1, 0.15) is 6.29 Å². The summed E-state index contributed by atoms with van der Waals surface area (Å²) in [5, 5.41) is 0. The molecule has 1 aliphatic rings. The lowest BCUT2D eigenvalue weighted by Gasteiger charge is -2.34. The summed E-state index contributed by atoms with van der Waals surface area (Å²) >= 11 is 0. The van der Waals surface area contributed by atoms with Crippen LogP contribution in [0.3, 0.4) is 0 Å². The molecule has 1 heterocycles. The molecule has 0 saturated carbocycles. The molecule has 0 aromatic carbocycles. The Morgan fingerprint density at radius 3 is 2.69 bits per heavy atom. The second-order valence-corrected chi connectivity index (χ2v) is 3.24. The fraction of sp³-hybridized carbons (Fsp3) is 0.778. The lowest BCUT2D eigenvalue weighted by molar-refractivity contribution is -0.108. The van der Waals surface area contributed by atoms with Gasteiger partial charge < -0.3 is 14.6 Å². The minimum Gasteiger partial charge on any atom is -0.325 e. The number of aldehydes is 1. The zero-order chi connectivity index (χ0) is 9.68. The van der Waals surface area contributed by atoms with Gasteiger partial charge in [-0.3, -0.25) is 0 Å². The smallest absolute Gasteiger partial charge is 0.320 e. The third kappa shape index (κ3) is 2.44. The van der Waals surface area contributed by atoms with Crippen molar-refractivity contribution in [3.05, 3.63) is 0 Å². The molecule has 1 rings (SSSR count). The number of carbonyl (C=O) groups excluding carboxylic acids is 2. The molecule has 13 heavy (non-hydrogen) atoms. The minimum atomic E-state index is 0.0141. The van der Waals surface area contributed by atoms with Crippen molar-refractivity contribution in [1.29, 1.82) is 0 Å². The van der Waals surface area contributed by atoms with E-state index in [9.17, 15) is 9.59 Å². The second-order valence-electron chi connectivity index (χ2n) is 3.24. The number of rotatable bonds is 4. The van der Waals surface area contributed by atoms with Crippen LogP contribution in [-0.4, -0.2) is 48.3 Å². The van der Waals surface area contributed by atoms with E-state index in [0.717, 1.165) is 38.8 Å². The summed E-state index contributed by atoms with van der Waals surface area (Å²) in [6.07, 6.45) is 2.73. The van der Waals surface area contributed by atoms with Crippen LogP contribution in [0.1, 0.15) is 19.8 Å². The first-order valence-corrected chi connectivity index (χ1v) is 4.77. The molecule has 0 aromatic rings. The van der Waals surface area contributed by atoms with Crippen LogP contribution in [0.4, 0.5) is 4.79 Å². The van der Waals surface area contributed by atoms with E-state index in [0.29, 0.717) is 0 Å². The molecule has 0 N–H and O–H groups in total. The van der Waals surface area contributed by atoms with Gasteiger partial charge in [-0.1, -0.05) is 6.92 Å². The third-order valence-electron chi connectivity index (χ3n) is 2.19. The number of urea groups is 1. The van der Waals surface area contributed by atoms with Gasteiger partial charge in [-0.25, -0.2) is 4.79 Å². The Morgan fingerprint density at radius 1 is 1.38 bits per heavy atom. The average Bonchev–Trinajstić information content (AvgIpc) is 2.13. The Kier molecular flexibility index (Phi) is 3.73. The summed E-state index contributed by atoms with van der Waals surface area (Å²) in [6, 6.07) is 0.0141. The predicted octanol–water partition coefficient (Wildman–Crippen LogP) is 0.723. The molecule has 1 saturated heterocycles. The lowest BCUT2D eigenvalue weighted by Crippen LogP contribution is -2.49. The van der Waals surface area contributed by atoms with E-state index in [1.165, 1.54) is 0 Å². The molecular weight excluding hydrogens is 168 g/mol. The normalized spacial score (nSPS) is 17.8. The van der Waals surface area contributed by atoms with E-state index >= 15 is 0 Å². The van der Waals surface area contributed by atoms with Crippen molar-refractivity contribution in [2.24, 2.45) is 0 Å². The molecule has 0 spiro atoms. The molecule has 0 aliphatic carbocycles. The highest BCUT2D eigenvalue weighted by atomic mass is 16.2. The van der Waals surface area contributed by atoms with Gasteiger partial charge in [0.2, 0.25) is 0 Å². The molecule has 0 atom stereocenters. The van der Waals surface area contributed by atoms with Crippen LogP contribution in [0.5, 0.6) is 0 Å². The fourth-order valence-corrected chi connectivity index (χ4v) is 1.58. The van der Waals surface area contributed by atoms with Crippen LogP contribution in [-0.2, 0) is 4.79 Å². The first kappa shape index (κ1) is 10.0. The lowest BCUT2D eigenvalue weighted by atomic mass is 10.2. The Balaban J connectivity index is 2.49. The maximum atomic E-state index is 11.6. The van der Waals surface area contributed by atoms with Crippen molar-refractivity contribution in [1.82, 2.24) is 9.80 Å². The Labute approximate surface area is 78.5 Å². The number of hydrogen-bond acceptors (Lipinski definition) is 2. The summed E-state index contributed by atoms with van der Waals surface area (Å²) in [4.78, 5) is 25.3. The van der Waals surface area contributed by atoms with Gasteiger partial charge >= 0.3 is 6.03 Å². The van der Waals surface area contributed by atoms with E-state index in [1.54, 1.807) is 4.90 Å². The first-order chi connectivity index (χ1) is 6.29. The van der Waals surface area contributed by atoms with Crippen LogP contribution in [0, 0.1) is 0 Å². The topological polar surface area (TPSA) is 40.6 Å². The van der Waals surface area contributed by atoms with Gasteiger partial charge in [0.05, 0.1) is 6.54 Å². The van der Waals surface area contributed by atoms with Crippen LogP contribution < -0.4 is 0 Å². The zero-order valence-electron chi connectivity index (χ0n) is 8.03. The van der Waals surface area contributed by atoms with E-state index in [4.69, 9.17) is 0 Å². The summed E-state index contributed by atoms with van der Waals surface area (Å²) in [5.74, 6) is 0. The van der Waals surface area contributed by atoms with Crippen molar-refractivity contribution in [2.45, 2.75) is 19.8 Å². The Hall–Kier alpha value is -1.06. The third-order valence-corrected chi connectivity index (χ3v) is 2.19. The largest absolute Gasteiger partial charge is 0.325 e. The molecule has 0 aromatic heterocycles. The minimum absolute atomic E-state index is 0.0141. The Morgan fingerprint density at radius 2 is 2.08 bits per heavy atom. The van der Waals surface area contributed by atoms with Crippen LogP contribution >= 0.6 is 0 Å². The van der Waals surface area contributed by atoms with Crippen molar-refractivity contribution >= 4 is 12.3 Å². The van der Waals surface area contributed by atoms with Crippen LogP contribution in [0.25, 0.3) is 0 Å². The van der Waals surface area contributed by atoms with E-state index < -0.39 is 0 Å². The van der Waals surface area contributed by atoms with Crippen LogP contribution in [0.2, 0.25) is 0 Å². The van der Waals surface area contributed by atoms with Gasteiger partial charge in [0, 0.05) is 19.6 Å². The molecule has 0 bridgehead atoms. The van der Waals surface area contributed by atoms with Gasteiger partial charge in [-0.2, -0.15) is 0 Å². The van der Waals surface area contributed by atoms with Gasteiger partial charge in [-0.05, 0) is 12.8 Å². The van der Waals surface area contributed by atoms with Crippen molar-refractivity contribution < 1.29 is 9.59 Å². The van der Waals surface area contributed by atoms with Crippen LogP contribution in [0.15, 0.2) is 0 Å².